The zero-order valence-electron chi connectivity index (χ0n) is 37.7. The molecular formula is C44H66O24. The first-order valence-corrected chi connectivity index (χ1v) is 21.8. The van der Waals surface area contributed by atoms with Gasteiger partial charge in [0.1, 0.15) is 97.7 Å². The summed E-state index contributed by atoms with van der Waals surface area (Å²) < 4.78 is 42.8. The van der Waals surface area contributed by atoms with Crippen LogP contribution in [0.15, 0.2) is 71.4 Å². The van der Waals surface area contributed by atoms with Crippen molar-refractivity contribution < 1.29 is 119 Å². The lowest BCUT2D eigenvalue weighted by Gasteiger charge is -2.42. The van der Waals surface area contributed by atoms with E-state index < -0.39 is 167 Å². The molecule has 24 heteroatoms. The highest BCUT2D eigenvalue weighted by Crippen LogP contribution is 2.29. The van der Waals surface area contributed by atoms with E-state index in [4.69, 9.17) is 37.9 Å². The van der Waals surface area contributed by atoms with Crippen molar-refractivity contribution >= 4 is 11.9 Å². The molecule has 0 bridgehead atoms. The van der Waals surface area contributed by atoms with Gasteiger partial charge in [-0.2, -0.15) is 0 Å². The van der Waals surface area contributed by atoms with Crippen LogP contribution in [0.25, 0.3) is 0 Å². The summed E-state index contributed by atoms with van der Waals surface area (Å²) in [4.78, 5) is 25.7. The number of esters is 2. The Bertz CT molecular complexity index is 1800. The van der Waals surface area contributed by atoms with Crippen molar-refractivity contribution in [3.63, 3.8) is 0 Å². The molecule has 4 aliphatic heterocycles. The van der Waals surface area contributed by atoms with Gasteiger partial charge in [-0.05, 0) is 27.2 Å². The molecule has 4 fully saturated rings. The first-order valence-electron chi connectivity index (χ1n) is 21.8. The topological polar surface area (TPSA) is 391 Å². The number of ether oxygens (including phenoxy) is 8. The molecule has 0 aromatic rings. The lowest BCUT2D eigenvalue weighted by Crippen LogP contribution is -2.62. The molecule has 0 aromatic heterocycles. The number of allylic oxidation sites excluding steroid dienone is 11. The van der Waals surface area contributed by atoms with Gasteiger partial charge in [-0.15, -0.1) is 0 Å². The smallest absolute Gasteiger partial charge is 0.336 e. The van der Waals surface area contributed by atoms with Crippen molar-refractivity contribution in [1.82, 2.24) is 0 Å². The van der Waals surface area contributed by atoms with E-state index in [1.54, 1.807) is 62.5 Å². The summed E-state index contributed by atoms with van der Waals surface area (Å²) in [6.45, 7) is 4.00. The monoisotopic (exact) mass is 978 g/mol. The highest BCUT2D eigenvalue weighted by Gasteiger charge is 2.50. The van der Waals surface area contributed by atoms with Gasteiger partial charge in [-0.1, -0.05) is 72.8 Å². The average Bonchev–Trinajstić information content (AvgIpc) is 3.31. The molecule has 0 unspecified atom stereocenters. The highest BCUT2D eigenvalue weighted by atomic mass is 16.8. The van der Waals surface area contributed by atoms with Crippen LogP contribution in [0.5, 0.6) is 0 Å². The van der Waals surface area contributed by atoms with Gasteiger partial charge >= 0.3 is 11.9 Å². The fourth-order valence-corrected chi connectivity index (χ4v) is 7.01. The fraction of sp³-hybridized carbons (Fsp3) is 0.682. The van der Waals surface area contributed by atoms with Crippen LogP contribution in [0.1, 0.15) is 34.1 Å². The molecule has 0 radical (unpaired) electrons. The Balaban J connectivity index is 1.21. The third kappa shape index (κ3) is 15.0. The van der Waals surface area contributed by atoms with Gasteiger partial charge in [0.25, 0.3) is 0 Å². The van der Waals surface area contributed by atoms with Crippen LogP contribution in [0.4, 0.5) is 0 Å². The second-order valence-electron chi connectivity index (χ2n) is 16.9. The standard InChI is InChI=1S/C44H66O24/c1-19(11-7-13-21(3)39(59)67-43-37(57)33(53)29(49)25(65-43)17-61-41-35(55)31(51)27(47)23(15-45)63-41)9-5-6-10-20(2)12-8-14-22(4)40(60)68-44-38(58)34(54)30(50)26(66-44)18-62-42-36(56)32(52)28(48)24(16-46)64-42/h5-13,22-38,41-58H,14-18H2,1-4H3/b6-5+,11-7+,12-8+,19-9+,20-10-,21-13+/t22-,23+,24+,25+,26+,27+,28+,29+,30+,31-,32-,33-,34-,35+,36+,37+,38+,41+,42+,43-,44-/m0/s1. The van der Waals surface area contributed by atoms with Crippen molar-refractivity contribution in [2.24, 2.45) is 5.92 Å². The number of carbonyl (C=O) groups excluding carboxylic acids is 2. The minimum absolute atomic E-state index is 0.0772. The van der Waals surface area contributed by atoms with Gasteiger partial charge in [-0.3, -0.25) is 4.79 Å². The Kier molecular flexibility index (Phi) is 22.4. The molecule has 0 saturated carbocycles. The largest absolute Gasteiger partial charge is 0.433 e. The molecule has 0 aromatic carbocycles. The molecule has 14 N–H and O–H groups in total. The summed E-state index contributed by atoms with van der Waals surface area (Å²) in [6.07, 6.45) is -17.5. The lowest BCUT2D eigenvalue weighted by atomic mass is 9.98. The minimum atomic E-state index is -1.85. The van der Waals surface area contributed by atoms with E-state index in [-0.39, 0.29) is 12.0 Å². The molecule has 4 rings (SSSR count). The first kappa shape index (κ1) is 57.2. The van der Waals surface area contributed by atoms with Crippen molar-refractivity contribution in [3.8, 4) is 0 Å². The van der Waals surface area contributed by atoms with Crippen molar-refractivity contribution in [2.45, 2.75) is 157 Å². The molecular weight excluding hydrogens is 912 g/mol. The molecule has 21 atom stereocenters. The second-order valence-corrected chi connectivity index (χ2v) is 16.9. The Hall–Kier alpha value is -3.42. The third-order valence-electron chi connectivity index (χ3n) is 11.5. The molecule has 4 aliphatic rings. The molecule has 0 amide bonds. The van der Waals surface area contributed by atoms with Crippen LogP contribution in [-0.4, -0.2) is 233 Å². The van der Waals surface area contributed by atoms with Gasteiger partial charge in [-0.25, -0.2) is 4.79 Å². The summed E-state index contributed by atoms with van der Waals surface area (Å²) in [5.41, 5.74) is 1.67. The maximum absolute atomic E-state index is 12.9. The number of hydrogen-bond donors (Lipinski definition) is 14. The van der Waals surface area contributed by atoms with Crippen LogP contribution < -0.4 is 0 Å². The maximum Gasteiger partial charge on any atom is 0.336 e. The van der Waals surface area contributed by atoms with Gasteiger partial charge < -0.3 is 109 Å². The predicted molar refractivity (Wildman–Crippen MR) is 227 cm³/mol. The molecule has 0 spiro atoms. The Morgan fingerprint density at radius 3 is 1.31 bits per heavy atom. The molecule has 68 heavy (non-hydrogen) atoms. The minimum Gasteiger partial charge on any atom is -0.433 e. The zero-order valence-corrected chi connectivity index (χ0v) is 37.7. The predicted octanol–water partition coefficient (Wildman–Crippen LogP) is -5.15. The first-order chi connectivity index (χ1) is 32.1. The van der Waals surface area contributed by atoms with Gasteiger partial charge in [0.2, 0.25) is 12.6 Å². The molecule has 24 nitrogen and oxygen atoms in total. The van der Waals surface area contributed by atoms with E-state index in [2.05, 4.69) is 0 Å². The number of aliphatic hydroxyl groups excluding tert-OH is 14. The summed E-state index contributed by atoms with van der Waals surface area (Å²) in [5, 5.41) is 142. The quantitative estimate of drug-likeness (QED) is 0.0327. The van der Waals surface area contributed by atoms with E-state index in [9.17, 15) is 81.1 Å². The zero-order chi connectivity index (χ0) is 50.6. The van der Waals surface area contributed by atoms with E-state index in [0.29, 0.717) is 0 Å². The normalized spacial score (nSPS) is 40.5. The van der Waals surface area contributed by atoms with Crippen LogP contribution in [0.2, 0.25) is 0 Å². The summed E-state index contributed by atoms with van der Waals surface area (Å²) >= 11 is 0. The molecule has 0 aliphatic carbocycles. The third-order valence-corrected chi connectivity index (χ3v) is 11.5. The Labute approximate surface area is 391 Å². The van der Waals surface area contributed by atoms with Crippen molar-refractivity contribution in [1.29, 1.82) is 0 Å². The van der Waals surface area contributed by atoms with E-state index in [1.807, 2.05) is 6.92 Å². The van der Waals surface area contributed by atoms with Crippen molar-refractivity contribution in [2.75, 3.05) is 26.4 Å². The number of aliphatic hydroxyl groups is 14. The van der Waals surface area contributed by atoms with E-state index >= 15 is 0 Å². The highest BCUT2D eigenvalue weighted by molar-refractivity contribution is 5.88. The second kappa shape index (κ2) is 26.7. The van der Waals surface area contributed by atoms with Crippen LogP contribution in [-0.2, 0) is 47.5 Å². The number of hydrogen-bond acceptors (Lipinski definition) is 24. The Morgan fingerprint density at radius 2 is 0.868 bits per heavy atom. The van der Waals surface area contributed by atoms with Gasteiger partial charge in [0.15, 0.2) is 12.6 Å². The van der Waals surface area contributed by atoms with Crippen molar-refractivity contribution in [3.05, 3.63) is 71.4 Å². The molecule has 386 valence electrons. The van der Waals surface area contributed by atoms with Crippen LogP contribution in [0.3, 0.4) is 0 Å². The molecule has 4 heterocycles. The fourth-order valence-electron chi connectivity index (χ4n) is 7.01. The van der Waals surface area contributed by atoms with Crippen LogP contribution >= 0.6 is 0 Å². The van der Waals surface area contributed by atoms with Crippen LogP contribution in [0, 0.1) is 5.92 Å². The van der Waals surface area contributed by atoms with E-state index in [1.165, 1.54) is 13.0 Å². The van der Waals surface area contributed by atoms with Gasteiger partial charge in [0.05, 0.1) is 32.3 Å². The lowest BCUT2D eigenvalue weighted by molar-refractivity contribution is -0.327. The maximum atomic E-state index is 12.9. The molecule has 4 saturated heterocycles. The summed E-state index contributed by atoms with van der Waals surface area (Å²) in [5.74, 6) is -2.46. The van der Waals surface area contributed by atoms with Gasteiger partial charge in [0, 0.05) is 5.57 Å². The Morgan fingerprint density at radius 1 is 0.485 bits per heavy atom. The average molecular weight is 979 g/mol. The number of rotatable bonds is 19. The number of carbonyl (C=O) groups is 2. The summed E-state index contributed by atoms with van der Waals surface area (Å²) in [6, 6.07) is 0. The summed E-state index contributed by atoms with van der Waals surface area (Å²) in [7, 11) is 0. The SMILES string of the molecule is CC(=C/C=C/C=C(C)/C=C/C=C(\C)C(=O)O[C@@H]1O[C@H](CO[C@@H]2O[C@H](CO)[C@@H](O)[C@H](O)[C@H]2O)[C@@H](O)[C@H](O)[C@H]1O)/C=C/C[C@H](C)C(=O)O[C@@H]1O[C@H](CO[C@@H]2O[C@H](CO)[C@@H](O)[C@H](O)[C@H]2O)[C@@H](O)[C@H](O)[C@H]1O. The van der Waals surface area contributed by atoms with E-state index in [0.717, 1.165) is 11.1 Å².